The average molecular weight is 339 g/mol. The Morgan fingerprint density at radius 2 is 2.20 bits per heavy atom. The molecule has 2 aromatic heterocycles. The Morgan fingerprint density at radius 3 is 3.00 bits per heavy atom. The molecule has 1 aromatic carbocycles. The summed E-state index contributed by atoms with van der Waals surface area (Å²) in [5, 5.41) is 15.3. The van der Waals surface area contributed by atoms with Crippen LogP contribution in [0.3, 0.4) is 0 Å². The number of ether oxygens (including phenoxy) is 1. The van der Waals surface area contributed by atoms with Gasteiger partial charge in [-0.05, 0) is 25.6 Å². The number of benzene rings is 1. The van der Waals surface area contributed by atoms with Gasteiger partial charge in [-0.3, -0.25) is 14.6 Å². The Morgan fingerprint density at radius 1 is 1.32 bits per heavy atom. The Labute approximate surface area is 145 Å². The van der Waals surface area contributed by atoms with Crippen molar-refractivity contribution in [3.8, 4) is 5.69 Å². The lowest BCUT2D eigenvalue weighted by Gasteiger charge is -2.23. The molecular formula is C17H21N7O. The van der Waals surface area contributed by atoms with E-state index < -0.39 is 0 Å². The Bertz CT molecular complexity index is 786. The third-order valence-electron chi connectivity index (χ3n) is 4.55. The largest absolute Gasteiger partial charge is 0.376 e. The van der Waals surface area contributed by atoms with E-state index in [4.69, 9.17) is 4.74 Å². The molecule has 8 nitrogen and oxygen atoms in total. The van der Waals surface area contributed by atoms with Crippen LogP contribution in [0, 0.1) is 0 Å². The number of rotatable bonds is 6. The van der Waals surface area contributed by atoms with Crippen LogP contribution in [-0.4, -0.2) is 61.1 Å². The van der Waals surface area contributed by atoms with E-state index in [0.29, 0.717) is 6.54 Å². The Kier molecular flexibility index (Phi) is 4.53. The van der Waals surface area contributed by atoms with Crippen molar-refractivity contribution >= 4 is 0 Å². The molecule has 0 bridgehead atoms. The van der Waals surface area contributed by atoms with Crippen LogP contribution < -0.4 is 0 Å². The fourth-order valence-corrected chi connectivity index (χ4v) is 3.32. The number of para-hydroxylation sites is 1. The zero-order valence-corrected chi connectivity index (χ0v) is 14.1. The van der Waals surface area contributed by atoms with Gasteiger partial charge in [-0.25, -0.2) is 4.98 Å². The van der Waals surface area contributed by atoms with Crippen LogP contribution in [0.2, 0.25) is 0 Å². The minimum absolute atomic E-state index is 0.103. The van der Waals surface area contributed by atoms with E-state index in [1.165, 1.54) is 0 Å². The molecule has 4 rings (SSSR count). The standard InChI is InChI=1S/C17H21N7O/c1-23(9-15-14(7-8-25-15)17-18-11-19-22-17)10-16-21-20-12-24(16)13-5-3-2-4-6-13/h2-6,11-12,14-15H,7-10H2,1H3,(H,18,19,22)/t14-,15-/m1/s1. The Balaban J connectivity index is 1.43. The molecule has 3 aromatic rings. The van der Waals surface area contributed by atoms with Gasteiger partial charge in [0.15, 0.2) is 5.82 Å². The van der Waals surface area contributed by atoms with E-state index in [0.717, 1.165) is 36.9 Å². The molecule has 1 aliphatic heterocycles. The lowest BCUT2D eigenvalue weighted by Crippen LogP contribution is -2.32. The van der Waals surface area contributed by atoms with Gasteiger partial charge in [0.25, 0.3) is 0 Å². The van der Waals surface area contributed by atoms with Crippen LogP contribution in [0.25, 0.3) is 5.69 Å². The van der Waals surface area contributed by atoms with E-state index >= 15 is 0 Å². The predicted octanol–water partition coefficient (Wildman–Crippen LogP) is 1.39. The van der Waals surface area contributed by atoms with Gasteiger partial charge in [-0.15, -0.1) is 10.2 Å². The molecular weight excluding hydrogens is 318 g/mol. The highest BCUT2D eigenvalue weighted by Crippen LogP contribution is 2.29. The minimum atomic E-state index is 0.103. The van der Waals surface area contributed by atoms with E-state index in [9.17, 15) is 0 Å². The fraction of sp³-hybridized carbons (Fsp3) is 0.412. The quantitative estimate of drug-likeness (QED) is 0.730. The van der Waals surface area contributed by atoms with Crippen LogP contribution in [-0.2, 0) is 11.3 Å². The molecule has 25 heavy (non-hydrogen) atoms. The van der Waals surface area contributed by atoms with E-state index in [1.54, 1.807) is 12.7 Å². The molecule has 1 fully saturated rings. The first kappa shape index (κ1) is 15.9. The average Bonchev–Trinajstić information content (AvgIpc) is 3.37. The second kappa shape index (κ2) is 7.12. The third-order valence-corrected chi connectivity index (χ3v) is 4.55. The highest BCUT2D eigenvalue weighted by molar-refractivity contribution is 5.31. The van der Waals surface area contributed by atoms with Crippen molar-refractivity contribution in [3.63, 3.8) is 0 Å². The van der Waals surface area contributed by atoms with Crippen molar-refractivity contribution in [2.75, 3.05) is 20.2 Å². The number of hydrogen-bond acceptors (Lipinski definition) is 6. The SMILES string of the molecule is CN(Cc1nncn1-c1ccccc1)C[C@H]1OCC[C@H]1c1ncn[nH]1. The maximum Gasteiger partial charge on any atom is 0.151 e. The highest BCUT2D eigenvalue weighted by atomic mass is 16.5. The molecule has 0 aliphatic carbocycles. The van der Waals surface area contributed by atoms with Crippen molar-refractivity contribution in [2.24, 2.45) is 0 Å². The summed E-state index contributed by atoms with van der Waals surface area (Å²) in [6, 6.07) is 10.1. The van der Waals surface area contributed by atoms with Crippen molar-refractivity contribution in [1.82, 2.24) is 34.8 Å². The first-order chi connectivity index (χ1) is 12.3. The fourth-order valence-electron chi connectivity index (χ4n) is 3.32. The third kappa shape index (κ3) is 3.45. The van der Waals surface area contributed by atoms with Gasteiger partial charge in [0.05, 0.1) is 12.6 Å². The molecule has 2 atom stereocenters. The number of likely N-dealkylation sites (N-methyl/N-ethyl adjacent to an activating group) is 1. The molecule has 0 unspecified atom stereocenters. The summed E-state index contributed by atoms with van der Waals surface area (Å²) in [6.07, 6.45) is 4.37. The maximum atomic E-state index is 5.92. The number of hydrogen-bond donors (Lipinski definition) is 1. The molecule has 1 N–H and O–H groups in total. The van der Waals surface area contributed by atoms with Crippen LogP contribution >= 0.6 is 0 Å². The first-order valence-electron chi connectivity index (χ1n) is 8.41. The van der Waals surface area contributed by atoms with E-state index in [-0.39, 0.29) is 12.0 Å². The molecule has 130 valence electrons. The smallest absolute Gasteiger partial charge is 0.151 e. The molecule has 0 amide bonds. The van der Waals surface area contributed by atoms with Crippen molar-refractivity contribution in [1.29, 1.82) is 0 Å². The lowest BCUT2D eigenvalue weighted by atomic mass is 10.0. The highest BCUT2D eigenvalue weighted by Gasteiger charge is 2.32. The summed E-state index contributed by atoms with van der Waals surface area (Å²) in [4.78, 5) is 6.50. The van der Waals surface area contributed by atoms with E-state index in [1.807, 2.05) is 34.9 Å². The number of aromatic amines is 1. The summed E-state index contributed by atoms with van der Waals surface area (Å²) >= 11 is 0. The van der Waals surface area contributed by atoms with Crippen molar-refractivity contribution in [3.05, 3.63) is 54.6 Å². The molecule has 0 spiro atoms. The summed E-state index contributed by atoms with van der Waals surface area (Å²) in [5.74, 6) is 2.07. The van der Waals surface area contributed by atoms with E-state index in [2.05, 4.69) is 37.3 Å². The summed E-state index contributed by atoms with van der Waals surface area (Å²) in [5.41, 5.74) is 1.06. The zero-order valence-electron chi connectivity index (χ0n) is 14.1. The van der Waals surface area contributed by atoms with Crippen molar-refractivity contribution in [2.45, 2.75) is 25.0 Å². The lowest BCUT2D eigenvalue weighted by molar-refractivity contribution is 0.0703. The number of H-pyrrole nitrogens is 1. The predicted molar refractivity (Wildman–Crippen MR) is 91.2 cm³/mol. The molecule has 3 heterocycles. The van der Waals surface area contributed by atoms with Gasteiger partial charge in [0.2, 0.25) is 0 Å². The number of nitrogens with zero attached hydrogens (tertiary/aromatic N) is 6. The molecule has 8 heteroatoms. The molecule has 1 aliphatic rings. The van der Waals surface area contributed by atoms with Crippen molar-refractivity contribution < 1.29 is 4.74 Å². The topological polar surface area (TPSA) is 84.8 Å². The summed E-state index contributed by atoms with van der Waals surface area (Å²) < 4.78 is 7.94. The van der Waals surface area contributed by atoms with Gasteiger partial charge < -0.3 is 4.74 Å². The number of aromatic nitrogens is 6. The van der Waals surface area contributed by atoms with Gasteiger partial charge in [0.1, 0.15) is 18.5 Å². The van der Waals surface area contributed by atoms with Gasteiger partial charge in [-0.1, -0.05) is 18.2 Å². The molecule has 1 saturated heterocycles. The van der Waals surface area contributed by atoms with Crippen LogP contribution in [0.1, 0.15) is 24.0 Å². The molecule has 0 saturated carbocycles. The van der Waals surface area contributed by atoms with Gasteiger partial charge in [0, 0.05) is 24.8 Å². The zero-order chi connectivity index (χ0) is 17.1. The Hall–Kier alpha value is -2.58. The molecule has 0 radical (unpaired) electrons. The maximum absolute atomic E-state index is 5.92. The van der Waals surface area contributed by atoms with Gasteiger partial charge >= 0.3 is 0 Å². The second-order valence-electron chi connectivity index (χ2n) is 6.32. The van der Waals surface area contributed by atoms with Crippen LogP contribution in [0.4, 0.5) is 0 Å². The normalized spacial score (nSPS) is 20.4. The number of nitrogens with one attached hydrogen (secondary N) is 1. The van der Waals surface area contributed by atoms with Crippen LogP contribution in [0.5, 0.6) is 0 Å². The summed E-state index contributed by atoms with van der Waals surface area (Å²) in [6.45, 7) is 2.25. The monoisotopic (exact) mass is 339 g/mol. The van der Waals surface area contributed by atoms with Gasteiger partial charge in [-0.2, -0.15) is 5.10 Å². The second-order valence-corrected chi connectivity index (χ2v) is 6.32. The summed E-state index contributed by atoms with van der Waals surface area (Å²) in [7, 11) is 2.07. The minimum Gasteiger partial charge on any atom is -0.376 e. The van der Waals surface area contributed by atoms with Crippen LogP contribution in [0.15, 0.2) is 43.0 Å². The first-order valence-corrected chi connectivity index (χ1v) is 8.41.